The predicted molar refractivity (Wildman–Crippen MR) is 115 cm³/mol. The maximum Gasteiger partial charge on any atom is 0.255 e. The normalized spacial score (nSPS) is 11.6. The Kier molecular flexibility index (Phi) is 4.81. The van der Waals surface area contributed by atoms with Gasteiger partial charge < -0.3 is 9.84 Å². The summed E-state index contributed by atoms with van der Waals surface area (Å²) in [5.74, 6) is 0.899. The number of carbonyl (C=O) groups is 1. The summed E-state index contributed by atoms with van der Waals surface area (Å²) < 4.78 is 5.35. The molecule has 1 N–H and O–H groups in total. The van der Waals surface area contributed by atoms with Crippen molar-refractivity contribution in [3.63, 3.8) is 0 Å². The van der Waals surface area contributed by atoms with Crippen LogP contribution in [0.3, 0.4) is 0 Å². The van der Waals surface area contributed by atoms with Crippen molar-refractivity contribution < 1.29 is 9.32 Å². The van der Waals surface area contributed by atoms with Crippen LogP contribution in [0.1, 0.15) is 48.4 Å². The number of fused-ring (bicyclic) bond motifs is 1. The van der Waals surface area contributed by atoms with Crippen molar-refractivity contribution in [2.75, 3.05) is 5.32 Å². The molecule has 0 aliphatic rings. The first-order chi connectivity index (χ1) is 14.2. The second-order valence-corrected chi connectivity index (χ2v) is 8.30. The van der Waals surface area contributed by atoms with E-state index in [0.29, 0.717) is 28.5 Å². The maximum atomic E-state index is 12.7. The third-order valence-electron chi connectivity index (χ3n) is 4.81. The monoisotopic (exact) mass is 401 g/mol. The fraction of sp³-hybridized carbons (Fsp3) is 0.261. The molecule has 2 aromatic heterocycles. The van der Waals surface area contributed by atoms with Crippen LogP contribution < -0.4 is 5.32 Å². The van der Waals surface area contributed by atoms with Crippen molar-refractivity contribution in [2.24, 2.45) is 0 Å². The number of hydrogen-bond donors (Lipinski definition) is 1. The Morgan fingerprint density at radius 1 is 0.900 bits per heavy atom. The smallest absolute Gasteiger partial charge is 0.255 e. The first kappa shape index (κ1) is 19.7. The van der Waals surface area contributed by atoms with Crippen LogP contribution in [0.4, 0.5) is 5.69 Å². The van der Waals surface area contributed by atoms with Gasteiger partial charge in [0, 0.05) is 22.2 Å². The molecule has 0 aliphatic heterocycles. The van der Waals surface area contributed by atoms with E-state index in [2.05, 4.69) is 25.4 Å². The summed E-state index contributed by atoms with van der Waals surface area (Å²) in [5, 5.41) is 6.95. The second kappa shape index (κ2) is 7.33. The first-order valence-electron chi connectivity index (χ1n) is 9.72. The third kappa shape index (κ3) is 3.91. The Hall–Kier alpha value is -3.61. The van der Waals surface area contributed by atoms with Crippen molar-refractivity contribution in [3.8, 4) is 11.4 Å². The topological polar surface area (TPSA) is 93.8 Å². The lowest BCUT2D eigenvalue weighted by atomic mass is 9.97. The summed E-state index contributed by atoms with van der Waals surface area (Å²) in [4.78, 5) is 26.2. The standard InChI is InChI=1S/C23H23N5O2/c1-13-14(2)25-19-12-16(8-11-18(19)24-13)21(29)26-17-9-6-15(7-10-17)20-27-22(30-28-20)23(3,4)5/h6-12H,1-5H3,(H,26,29). The lowest BCUT2D eigenvalue weighted by molar-refractivity contribution is 0.102. The van der Waals surface area contributed by atoms with Crippen molar-refractivity contribution >= 4 is 22.6 Å². The fourth-order valence-electron chi connectivity index (χ4n) is 2.92. The molecular formula is C23H23N5O2. The molecule has 1 amide bonds. The molecule has 30 heavy (non-hydrogen) atoms. The molecule has 2 heterocycles. The summed E-state index contributed by atoms with van der Waals surface area (Å²) in [5.41, 5.74) is 5.02. The minimum absolute atomic E-state index is 0.208. The quantitative estimate of drug-likeness (QED) is 0.528. The van der Waals surface area contributed by atoms with Gasteiger partial charge in [-0.1, -0.05) is 25.9 Å². The van der Waals surface area contributed by atoms with Gasteiger partial charge in [-0.15, -0.1) is 0 Å². The molecule has 0 radical (unpaired) electrons. The largest absolute Gasteiger partial charge is 0.338 e. The minimum Gasteiger partial charge on any atom is -0.338 e. The molecule has 4 rings (SSSR count). The minimum atomic E-state index is -0.209. The Labute approximate surface area is 174 Å². The molecule has 0 fully saturated rings. The van der Waals surface area contributed by atoms with Crippen LogP contribution in [0.15, 0.2) is 47.0 Å². The summed E-state index contributed by atoms with van der Waals surface area (Å²) >= 11 is 0. The molecule has 0 bridgehead atoms. The van der Waals surface area contributed by atoms with Crippen molar-refractivity contribution in [1.29, 1.82) is 0 Å². The number of hydrogen-bond acceptors (Lipinski definition) is 6. The van der Waals surface area contributed by atoms with E-state index in [1.54, 1.807) is 12.1 Å². The van der Waals surface area contributed by atoms with Crippen LogP contribution in [0.5, 0.6) is 0 Å². The van der Waals surface area contributed by atoms with Gasteiger partial charge >= 0.3 is 0 Å². The van der Waals surface area contributed by atoms with Gasteiger partial charge in [0.15, 0.2) is 0 Å². The molecule has 152 valence electrons. The van der Waals surface area contributed by atoms with E-state index in [9.17, 15) is 4.79 Å². The zero-order valence-electron chi connectivity index (χ0n) is 17.6. The summed E-state index contributed by atoms with van der Waals surface area (Å²) in [6, 6.07) is 12.7. The van der Waals surface area contributed by atoms with Crippen molar-refractivity contribution in [3.05, 3.63) is 65.3 Å². The number of anilines is 1. The van der Waals surface area contributed by atoms with Gasteiger partial charge in [-0.05, 0) is 56.3 Å². The highest BCUT2D eigenvalue weighted by molar-refractivity contribution is 6.05. The average molecular weight is 401 g/mol. The lowest BCUT2D eigenvalue weighted by Crippen LogP contribution is -2.12. The zero-order valence-corrected chi connectivity index (χ0v) is 17.6. The van der Waals surface area contributed by atoms with Crippen LogP contribution >= 0.6 is 0 Å². The second-order valence-electron chi connectivity index (χ2n) is 8.30. The number of carbonyl (C=O) groups excluding carboxylic acids is 1. The molecule has 7 nitrogen and oxygen atoms in total. The lowest BCUT2D eigenvalue weighted by Gasteiger charge is -2.10. The highest BCUT2D eigenvalue weighted by Crippen LogP contribution is 2.25. The number of nitrogens with one attached hydrogen (secondary N) is 1. The van der Waals surface area contributed by atoms with Gasteiger partial charge in [0.05, 0.1) is 22.4 Å². The van der Waals surface area contributed by atoms with E-state index in [-0.39, 0.29) is 11.3 Å². The van der Waals surface area contributed by atoms with E-state index in [0.717, 1.165) is 22.5 Å². The molecule has 0 atom stereocenters. The van der Waals surface area contributed by atoms with E-state index in [1.807, 2.05) is 65.0 Å². The molecule has 7 heteroatoms. The summed E-state index contributed by atoms with van der Waals surface area (Å²) in [6.45, 7) is 9.88. The van der Waals surface area contributed by atoms with Crippen molar-refractivity contribution in [1.82, 2.24) is 20.1 Å². The summed E-state index contributed by atoms with van der Waals surface area (Å²) in [6.07, 6.45) is 0. The van der Waals surface area contributed by atoms with Crippen LogP contribution in [0.25, 0.3) is 22.4 Å². The van der Waals surface area contributed by atoms with E-state index in [4.69, 9.17) is 4.52 Å². The maximum absolute atomic E-state index is 12.7. The highest BCUT2D eigenvalue weighted by atomic mass is 16.5. The average Bonchev–Trinajstić information content (AvgIpc) is 3.20. The third-order valence-corrected chi connectivity index (χ3v) is 4.81. The van der Waals surface area contributed by atoms with Crippen LogP contribution in [-0.2, 0) is 5.41 Å². The van der Waals surface area contributed by atoms with E-state index in [1.165, 1.54) is 0 Å². The highest BCUT2D eigenvalue weighted by Gasteiger charge is 2.22. The van der Waals surface area contributed by atoms with Crippen LogP contribution in [-0.4, -0.2) is 26.0 Å². The van der Waals surface area contributed by atoms with Crippen LogP contribution in [0, 0.1) is 13.8 Å². The molecule has 0 spiro atoms. The zero-order chi connectivity index (χ0) is 21.5. The predicted octanol–water partition coefficient (Wildman–Crippen LogP) is 4.85. The van der Waals surface area contributed by atoms with Gasteiger partial charge in [0.25, 0.3) is 5.91 Å². The Bertz CT molecular complexity index is 1240. The number of amides is 1. The number of aryl methyl sites for hydroxylation is 2. The molecule has 0 saturated heterocycles. The van der Waals surface area contributed by atoms with Crippen LogP contribution in [0.2, 0.25) is 0 Å². The van der Waals surface area contributed by atoms with Gasteiger partial charge in [0.2, 0.25) is 11.7 Å². The molecule has 0 saturated carbocycles. The molecule has 0 unspecified atom stereocenters. The molecule has 0 aliphatic carbocycles. The molecular weight excluding hydrogens is 378 g/mol. The Morgan fingerprint density at radius 2 is 1.57 bits per heavy atom. The number of nitrogens with zero attached hydrogens (tertiary/aromatic N) is 4. The SMILES string of the molecule is Cc1nc2ccc(C(=O)Nc3ccc(-c4noc(C(C)(C)C)n4)cc3)cc2nc1C. The van der Waals surface area contributed by atoms with E-state index < -0.39 is 0 Å². The van der Waals surface area contributed by atoms with Gasteiger partial charge in [0.1, 0.15) is 0 Å². The Morgan fingerprint density at radius 3 is 2.20 bits per heavy atom. The van der Waals surface area contributed by atoms with Gasteiger partial charge in [-0.25, -0.2) is 9.97 Å². The molecule has 2 aromatic carbocycles. The van der Waals surface area contributed by atoms with Gasteiger partial charge in [-0.3, -0.25) is 4.79 Å². The van der Waals surface area contributed by atoms with E-state index >= 15 is 0 Å². The number of benzene rings is 2. The Balaban J connectivity index is 1.52. The number of rotatable bonds is 3. The fourth-order valence-corrected chi connectivity index (χ4v) is 2.92. The van der Waals surface area contributed by atoms with Gasteiger partial charge in [-0.2, -0.15) is 4.98 Å². The van der Waals surface area contributed by atoms with Crippen molar-refractivity contribution in [2.45, 2.75) is 40.0 Å². The number of aromatic nitrogens is 4. The first-order valence-corrected chi connectivity index (χ1v) is 9.72. The molecule has 4 aromatic rings. The summed E-state index contributed by atoms with van der Waals surface area (Å²) in [7, 11) is 0.